The van der Waals surface area contributed by atoms with Crippen molar-refractivity contribution in [3.8, 4) is 0 Å². The van der Waals surface area contributed by atoms with Gasteiger partial charge in [-0.25, -0.2) is 0 Å². The van der Waals surface area contributed by atoms with Gasteiger partial charge >= 0.3 is 0 Å². The van der Waals surface area contributed by atoms with Crippen LogP contribution in [0.4, 0.5) is 0 Å². The van der Waals surface area contributed by atoms with E-state index in [2.05, 4.69) is 23.8 Å². The van der Waals surface area contributed by atoms with Gasteiger partial charge in [0, 0.05) is 25.7 Å². The first-order valence-electron chi connectivity index (χ1n) is 7.59. The summed E-state index contributed by atoms with van der Waals surface area (Å²) >= 11 is 0. The molecule has 0 N–H and O–H groups in total. The van der Waals surface area contributed by atoms with Gasteiger partial charge in [0.15, 0.2) is 0 Å². The Morgan fingerprint density at radius 2 is 1.94 bits per heavy atom. The Labute approximate surface area is 106 Å². The quantitative estimate of drug-likeness (QED) is 0.690. The minimum atomic E-state index is 0.721. The van der Waals surface area contributed by atoms with Crippen molar-refractivity contribution in [1.82, 2.24) is 9.80 Å². The second-order valence-electron chi connectivity index (χ2n) is 7.16. The highest BCUT2D eigenvalue weighted by Gasteiger charge is 2.45. The molecule has 3 fully saturated rings. The van der Waals surface area contributed by atoms with Crippen LogP contribution in [0.15, 0.2) is 0 Å². The number of piperidine rings is 1. The van der Waals surface area contributed by atoms with Crippen molar-refractivity contribution in [1.29, 1.82) is 0 Å². The summed E-state index contributed by atoms with van der Waals surface area (Å²) in [5.41, 5.74) is 0.721. The molecule has 3 rings (SSSR count). The van der Waals surface area contributed by atoms with Crippen molar-refractivity contribution in [3.05, 3.63) is 0 Å². The number of hydrogen-bond donors (Lipinski definition) is 0. The maximum atomic E-state index is 2.83. The van der Waals surface area contributed by atoms with Crippen molar-refractivity contribution in [2.24, 2.45) is 11.3 Å². The van der Waals surface area contributed by atoms with E-state index in [1.807, 2.05) is 0 Å². The third-order valence-corrected chi connectivity index (χ3v) is 5.33. The molecule has 2 atom stereocenters. The summed E-state index contributed by atoms with van der Waals surface area (Å²) in [5, 5.41) is 0. The van der Waals surface area contributed by atoms with E-state index in [1.54, 1.807) is 0 Å². The second-order valence-corrected chi connectivity index (χ2v) is 7.16. The zero-order valence-corrected chi connectivity index (χ0v) is 11.6. The van der Waals surface area contributed by atoms with E-state index in [4.69, 9.17) is 0 Å². The van der Waals surface area contributed by atoms with Crippen LogP contribution < -0.4 is 0 Å². The van der Waals surface area contributed by atoms with Crippen LogP contribution in [0.1, 0.15) is 45.4 Å². The van der Waals surface area contributed by atoms with E-state index in [0.717, 1.165) is 17.4 Å². The lowest BCUT2D eigenvalue weighted by Crippen LogP contribution is -2.59. The summed E-state index contributed by atoms with van der Waals surface area (Å²) in [6, 6.07) is 0.917. The molecule has 1 spiro atoms. The number of rotatable bonds is 1. The molecule has 0 radical (unpaired) electrons. The van der Waals surface area contributed by atoms with Gasteiger partial charge in [0.25, 0.3) is 0 Å². The average molecular weight is 236 g/mol. The predicted octanol–water partition coefficient (Wildman–Crippen LogP) is 2.59. The fourth-order valence-corrected chi connectivity index (χ4v) is 4.67. The molecule has 0 bridgehead atoms. The molecule has 2 nitrogen and oxygen atoms in total. The second kappa shape index (κ2) is 4.55. The zero-order chi connectivity index (χ0) is 11.9. The molecule has 0 aromatic heterocycles. The normalized spacial score (nSPS) is 39.2. The van der Waals surface area contributed by atoms with Crippen LogP contribution >= 0.6 is 0 Å². The van der Waals surface area contributed by atoms with Crippen LogP contribution in [0.5, 0.6) is 0 Å². The first kappa shape index (κ1) is 12.0. The molecule has 1 aliphatic carbocycles. The highest BCUT2D eigenvalue weighted by Crippen LogP contribution is 2.44. The molecule has 0 aromatic carbocycles. The van der Waals surface area contributed by atoms with Crippen LogP contribution in [0.2, 0.25) is 0 Å². The van der Waals surface area contributed by atoms with E-state index in [1.165, 1.54) is 64.7 Å². The molecule has 2 heterocycles. The fourth-order valence-electron chi connectivity index (χ4n) is 4.67. The lowest BCUT2D eigenvalue weighted by atomic mass is 9.66. The summed E-state index contributed by atoms with van der Waals surface area (Å²) in [7, 11) is 2.28. The maximum Gasteiger partial charge on any atom is 0.0102 e. The largest absolute Gasteiger partial charge is 0.305 e. The monoisotopic (exact) mass is 236 g/mol. The molecule has 2 unspecified atom stereocenters. The standard InChI is InChI=1S/C15H28N2/c1-13-5-4-8-17(10-13)14-6-3-7-15(9-14)11-16(2)12-15/h13-14H,3-12H2,1-2H3. The topological polar surface area (TPSA) is 6.48 Å². The van der Waals surface area contributed by atoms with Crippen LogP contribution in [0, 0.1) is 11.3 Å². The maximum absolute atomic E-state index is 2.83. The van der Waals surface area contributed by atoms with Gasteiger partial charge in [-0.1, -0.05) is 13.3 Å². The van der Waals surface area contributed by atoms with E-state index < -0.39 is 0 Å². The van der Waals surface area contributed by atoms with Crippen molar-refractivity contribution in [2.45, 2.75) is 51.5 Å². The van der Waals surface area contributed by atoms with Crippen LogP contribution in [0.25, 0.3) is 0 Å². The summed E-state index contributed by atoms with van der Waals surface area (Å²) in [6.07, 6.45) is 8.82. The van der Waals surface area contributed by atoms with Crippen molar-refractivity contribution in [3.63, 3.8) is 0 Å². The molecule has 98 valence electrons. The van der Waals surface area contributed by atoms with Gasteiger partial charge in [0.05, 0.1) is 0 Å². The lowest BCUT2D eigenvalue weighted by Gasteiger charge is -2.55. The third-order valence-electron chi connectivity index (χ3n) is 5.33. The molecular formula is C15H28N2. The predicted molar refractivity (Wildman–Crippen MR) is 72.2 cm³/mol. The Balaban J connectivity index is 1.60. The van der Waals surface area contributed by atoms with Gasteiger partial charge in [-0.05, 0) is 57.0 Å². The van der Waals surface area contributed by atoms with Crippen LogP contribution in [-0.2, 0) is 0 Å². The van der Waals surface area contributed by atoms with Gasteiger partial charge in [-0.3, -0.25) is 0 Å². The van der Waals surface area contributed by atoms with Gasteiger partial charge in [-0.15, -0.1) is 0 Å². The minimum Gasteiger partial charge on any atom is -0.305 e. The third kappa shape index (κ3) is 2.39. The molecule has 2 saturated heterocycles. The summed E-state index contributed by atoms with van der Waals surface area (Å²) < 4.78 is 0. The van der Waals surface area contributed by atoms with Crippen molar-refractivity contribution < 1.29 is 0 Å². The molecule has 0 amide bonds. The average Bonchev–Trinajstić information content (AvgIpc) is 2.28. The first-order chi connectivity index (χ1) is 8.17. The smallest absolute Gasteiger partial charge is 0.0102 e. The minimum absolute atomic E-state index is 0.721. The van der Waals surface area contributed by atoms with Crippen molar-refractivity contribution >= 4 is 0 Å². The zero-order valence-electron chi connectivity index (χ0n) is 11.6. The summed E-state index contributed by atoms with van der Waals surface area (Å²) in [6.45, 7) is 7.92. The fraction of sp³-hybridized carbons (Fsp3) is 1.00. The van der Waals surface area contributed by atoms with Gasteiger partial charge in [-0.2, -0.15) is 0 Å². The lowest BCUT2D eigenvalue weighted by molar-refractivity contribution is -0.0457. The molecule has 2 aliphatic heterocycles. The van der Waals surface area contributed by atoms with Crippen LogP contribution in [0.3, 0.4) is 0 Å². The first-order valence-corrected chi connectivity index (χ1v) is 7.59. The Hall–Kier alpha value is -0.0800. The van der Waals surface area contributed by atoms with Crippen molar-refractivity contribution in [2.75, 3.05) is 33.2 Å². The molecule has 1 saturated carbocycles. The van der Waals surface area contributed by atoms with E-state index in [9.17, 15) is 0 Å². The Bertz CT molecular complexity index is 265. The van der Waals surface area contributed by atoms with E-state index in [0.29, 0.717) is 0 Å². The summed E-state index contributed by atoms with van der Waals surface area (Å²) in [5.74, 6) is 0.936. The number of likely N-dealkylation sites (tertiary alicyclic amines) is 2. The summed E-state index contributed by atoms with van der Waals surface area (Å²) in [4.78, 5) is 5.33. The Morgan fingerprint density at radius 3 is 2.65 bits per heavy atom. The number of nitrogens with zero attached hydrogens (tertiary/aromatic N) is 2. The highest BCUT2D eigenvalue weighted by molar-refractivity contribution is 4.99. The van der Waals surface area contributed by atoms with Gasteiger partial charge in [0.2, 0.25) is 0 Å². The number of hydrogen-bond acceptors (Lipinski definition) is 2. The molecule has 0 aromatic rings. The van der Waals surface area contributed by atoms with E-state index in [-0.39, 0.29) is 0 Å². The highest BCUT2D eigenvalue weighted by atomic mass is 15.2. The van der Waals surface area contributed by atoms with E-state index >= 15 is 0 Å². The van der Waals surface area contributed by atoms with Crippen LogP contribution in [-0.4, -0.2) is 49.1 Å². The molecule has 2 heteroatoms. The van der Waals surface area contributed by atoms with Gasteiger partial charge in [0.1, 0.15) is 0 Å². The Morgan fingerprint density at radius 1 is 1.12 bits per heavy atom. The molecule has 3 aliphatic rings. The van der Waals surface area contributed by atoms with Gasteiger partial charge < -0.3 is 9.80 Å². The molecular weight excluding hydrogens is 208 g/mol. The SMILES string of the molecule is CC1CCCN(C2CCCC3(C2)CN(C)C3)C1. The molecule has 17 heavy (non-hydrogen) atoms. The Kier molecular flexibility index (Phi) is 3.20.